The highest BCUT2D eigenvalue weighted by atomic mass is 32.2. The Hall–Kier alpha value is -1.87. The van der Waals surface area contributed by atoms with Crippen LogP contribution in [0.25, 0.3) is 0 Å². The molecular weight excluding hydrogens is 384 g/mol. The predicted molar refractivity (Wildman–Crippen MR) is 94.1 cm³/mol. The highest BCUT2D eigenvalue weighted by Crippen LogP contribution is 2.34. The largest absolute Gasteiger partial charge is 0.245 e. The average molecular weight is 403 g/mol. The molecule has 0 N–H and O–H groups in total. The van der Waals surface area contributed by atoms with E-state index in [1.165, 1.54) is 18.3 Å². The summed E-state index contributed by atoms with van der Waals surface area (Å²) in [6, 6.07) is 6.97. The van der Waals surface area contributed by atoms with Gasteiger partial charge in [-0.15, -0.1) is 0 Å². The minimum Gasteiger partial charge on any atom is -0.245 e. The number of aromatic nitrogens is 1. The zero-order chi connectivity index (χ0) is 19.4. The van der Waals surface area contributed by atoms with E-state index in [2.05, 4.69) is 4.98 Å². The number of benzene rings is 1. The molecule has 0 spiro atoms. The molecule has 142 valence electrons. The maximum absolute atomic E-state index is 14.2. The van der Waals surface area contributed by atoms with E-state index in [0.29, 0.717) is 0 Å². The summed E-state index contributed by atoms with van der Waals surface area (Å²) in [4.78, 5) is 3.82. The minimum absolute atomic E-state index is 0.0468. The molecule has 1 atom stereocenters. The van der Waals surface area contributed by atoms with Gasteiger partial charge in [0, 0.05) is 23.8 Å². The number of hydrogen-bond donors (Lipinski definition) is 0. The SMILES string of the molecule is CS(=O)(=O)CCCCC(c1cc(F)ccc1F)S(=O)(=O)c1ccccn1. The van der Waals surface area contributed by atoms with Crippen molar-refractivity contribution in [3.63, 3.8) is 0 Å². The predicted octanol–water partition coefficient (Wildman–Crippen LogP) is 3.09. The Labute approximate surface area is 151 Å². The zero-order valence-corrected chi connectivity index (χ0v) is 15.7. The lowest BCUT2D eigenvalue weighted by Crippen LogP contribution is -2.17. The Morgan fingerprint density at radius 3 is 2.38 bits per heavy atom. The first-order valence-corrected chi connectivity index (χ1v) is 11.5. The van der Waals surface area contributed by atoms with Crippen LogP contribution in [0.4, 0.5) is 8.78 Å². The molecule has 0 aliphatic carbocycles. The first-order valence-electron chi connectivity index (χ1n) is 7.89. The molecule has 0 saturated carbocycles. The van der Waals surface area contributed by atoms with E-state index in [0.717, 1.165) is 24.5 Å². The molecule has 0 aliphatic rings. The molecule has 1 unspecified atom stereocenters. The molecule has 1 heterocycles. The number of rotatable bonds is 8. The van der Waals surface area contributed by atoms with Crippen LogP contribution in [0.15, 0.2) is 47.6 Å². The zero-order valence-electron chi connectivity index (χ0n) is 14.1. The topological polar surface area (TPSA) is 81.2 Å². The summed E-state index contributed by atoms with van der Waals surface area (Å²) >= 11 is 0. The van der Waals surface area contributed by atoms with E-state index in [-0.39, 0.29) is 35.6 Å². The third kappa shape index (κ3) is 5.31. The number of pyridine rings is 1. The Morgan fingerprint density at radius 1 is 1.04 bits per heavy atom. The van der Waals surface area contributed by atoms with Gasteiger partial charge in [0.25, 0.3) is 0 Å². The lowest BCUT2D eigenvalue weighted by Gasteiger charge is -2.18. The molecule has 0 radical (unpaired) electrons. The number of halogens is 2. The molecule has 0 fully saturated rings. The highest BCUT2D eigenvalue weighted by molar-refractivity contribution is 7.91. The van der Waals surface area contributed by atoms with Crippen LogP contribution in [0.5, 0.6) is 0 Å². The van der Waals surface area contributed by atoms with Gasteiger partial charge in [0.2, 0.25) is 9.84 Å². The normalized spacial score (nSPS) is 13.5. The third-order valence-corrected chi connectivity index (χ3v) is 6.93. The van der Waals surface area contributed by atoms with Crippen molar-refractivity contribution in [2.45, 2.75) is 29.5 Å². The van der Waals surface area contributed by atoms with Gasteiger partial charge in [-0.2, -0.15) is 0 Å². The quantitative estimate of drug-likeness (QED) is 0.633. The fraction of sp³-hybridized carbons (Fsp3) is 0.353. The van der Waals surface area contributed by atoms with Crippen LogP contribution < -0.4 is 0 Å². The van der Waals surface area contributed by atoms with Gasteiger partial charge < -0.3 is 0 Å². The monoisotopic (exact) mass is 403 g/mol. The summed E-state index contributed by atoms with van der Waals surface area (Å²) in [7, 11) is -7.26. The number of unbranched alkanes of at least 4 members (excludes halogenated alkanes) is 1. The van der Waals surface area contributed by atoms with Crippen LogP contribution in [0.1, 0.15) is 30.1 Å². The Balaban J connectivity index is 2.37. The van der Waals surface area contributed by atoms with Gasteiger partial charge >= 0.3 is 0 Å². The van der Waals surface area contributed by atoms with Gasteiger partial charge in [0.05, 0.1) is 5.25 Å². The van der Waals surface area contributed by atoms with Crippen molar-refractivity contribution in [2.24, 2.45) is 0 Å². The fourth-order valence-corrected chi connectivity index (χ4v) is 5.08. The summed E-state index contributed by atoms with van der Waals surface area (Å²) in [6.07, 6.45) is 2.79. The van der Waals surface area contributed by atoms with E-state index >= 15 is 0 Å². The van der Waals surface area contributed by atoms with Gasteiger partial charge in [-0.1, -0.05) is 12.5 Å². The molecule has 0 saturated heterocycles. The summed E-state index contributed by atoms with van der Waals surface area (Å²) in [5.41, 5.74) is -0.282. The molecule has 0 aliphatic heterocycles. The lowest BCUT2D eigenvalue weighted by atomic mass is 10.1. The van der Waals surface area contributed by atoms with Crippen LogP contribution in [0.3, 0.4) is 0 Å². The molecule has 0 bridgehead atoms. The van der Waals surface area contributed by atoms with Gasteiger partial charge in [-0.25, -0.2) is 30.6 Å². The third-order valence-electron chi connectivity index (χ3n) is 3.84. The minimum atomic E-state index is -4.08. The first-order chi connectivity index (χ1) is 12.1. The average Bonchev–Trinajstić information content (AvgIpc) is 2.57. The van der Waals surface area contributed by atoms with Crippen LogP contribution >= 0.6 is 0 Å². The number of hydrogen-bond acceptors (Lipinski definition) is 5. The van der Waals surface area contributed by atoms with Crippen molar-refractivity contribution in [2.75, 3.05) is 12.0 Å². The molecular formula is C17H19F2NO4S2. The maximum Gasteiger partial charge on any atom is 0.202 e. The second kappa shape index (κ2) is 8.22. The number of sulfone groups is 2. The van der Waals surface area contributed by atoms with Gasteiger partial charge in [-0.3, -0.25) is 0 Å². The molecule has 2 rings (SSSR count). The molecule has 9 heteroatoms. The van der Waals surface area contributed by atoms with E-state index in [4.69, 9.17) is 0 Å². The summed E-state index contributed by atoms with van der Waals surface area (Å²) in [6.45, 7) is 0. The fourth-order valence-electron chi connectivity index (χ4n) is 2.59. The van der Waals surface area contributed by atoms with Gasteiger partial charge in [0.1, 0.15) is 21.5 Å². The Morgan fingerprint density at radius 2 is 1.77 bits per heavy atom. The second-order valence-corrected chi connectivity index (χ2v) is 10.3. The van der Waals surface area contributed by atoms with Crippen molar-refractivity contribution in [1.29, 1.82) is 0 Å². The van der Waals surface area contributed by atoms with Crippen molar-refractivity contribution in [1.82, 2.24) is 4.98 Å². The Kier molecular flexibility index (Phi) is 6.46. The first kappa shape index (κ1) is 20.4. The smallest absolute Gasteiger partial charge is 0.202 e. The van der Waals surface area contributed by atoms with Crippen molar-refractivity contribution >= 4 is 19.7 Å². The van der Waals surface area contributed by atoms with Crippen molar-refractivity contribution in [3.05, 3.63) is 59.8 Å². The summed E-state index contributed by atoms with van der Waals surface area (Å²) < 4.78 is 76.1. The van der Waals surface area contributed by atoms with Crippen LogP contribution in [0.2, 0.25) is 0 Å². The highest BCUT2D eigenvalue weighted by Gasteiger charge is 2.32. The van der Waals surface area contributed by atoms with Crippen LogP contribution in [-0.4, -0.2) is 33.8 Å². The van der Waals surface area contributed by atoms with E-state index in [9.17, 15) is 25.6 Å². The molecule has 0 amide bonds. The summed E-state index contributed by atoms with van der Waals surface area (Å²) in [5, 5.41) is -1.59. The molecule has 2 aromatic rings. The maximum atomic E-state index is 14.2. The molecule has 26 heavy (non-hydrogen) atoms. The van der Waals surface area contributed by atoms with E-state index in [1.807, 2.05) is 0 Å². The van der Waals surface area contributed by atoms with E-state index in [1.54, 1.807) is 6.07 Å². The molecule has 1 aromatic carbocycles. The Bertz CT molecular complexity index is 962. The van der Waals surface area contributed by atoms with Crippen molar-refractivity contribution < 1.29 is 25.6 Å². The molecule has 1 aromatic heterocycles. The van der Waals surface area contributed by atoms with E-state index < -0.39 is 36.6 Å². The molecule has 5 nitrogen and oxygen atoms in total. The lowest BCUT2D eigenvalue weighted by molar-refractivity contribution is 0.541. The van der Waals surface area contributed by atoms with Gasteiger partial charge in [0.15, 0.2) is 5.03 Å². The van der Waals surface area contributed by atoms with Gasteiger partial charge in [-0.05, 0) is 43.2 Å². The van der Waals surface area contributed by atoms with Crippen LogP contribution in [-0.2, 0) is 19.7 Å². The second-order valence-electron chi connectivity index (χ2n) is 5.99. The number of nitrogens with zero attached hydrogens (tertiary/aromatic N) is 1. The standard InChI is InChI=1S/C17H19F2NO4S2/c1-25(21,22)11-5-3-6-16(14-12-13(18)8-9-15(14)19)26(23,24)17-7-2-4-10-20-17/h2,4,7-10,12,16H,3,5-6,11H2,1H3. The van der Waals surface area contributed by atoms with Crippen molar-refractivity contribution in [3.8, 4) is 0 Å². The summed E-state index contributed by atoms with van der Waals surface area (Å²) in [5.74, 6) is -1.69. The van der Waals surface area contributed by atoms with Crippen LogP contribution in [0, 0.1) is 11.6 Å².